The van der Waals surface area contributed by atoms with E-state index in [1.165, 1.54) is 4.90 Å². The molecule has 2 rings (SSSR count). The highest BCUT2D eigenvalue weighted by Gasteiger charge is 2.37. The van der Waals surface area contributed by atoms with E-state index < -0.39 is 12.0 Å². The van der Waals surface area contributed by atoms with Crippen molar-refractivity contribution in [1.82, 2.24) is 4.90 Å². The maximum atomic E-state index is 11.9. The Labute approximate surface area is 125 Å². The molecule has 1 aromatic rings. The van der Waals surface area contributed by atoms with Gasteiger partial charge in [0.15, 0.2) is 0 Å². The summed E-state index contributed by atoms with van der Waals surface area (Å²) in [5.41, 5.74) is 0.862. The van der Waals surface area contributed by atoms with Gasteiger partial charge in [-0.25, -0.2) is 4.79 Å². The molecule has 1 aromatic carbocycles. The van der Waals surface area contributed by atoms with Crippen molar-refractivity contribution in [3.05, 3.63) is 34.3 Å². The second-order valence-electron chi connectivity index (χ2n) is 4.98. The minimum Gasteiger partial charge on any atom is -0.480 e. The normalized spacial score (nSPS) is 20.2. The van der Waals surface area contributed by atoms with E-state index in [-0.39, 0.29) is 31.3 Å². The van der Waals surface area contributed by atoms with Gasteiger partial charge in [-0.2, -0.15) is 0 Å². The van der Waals surface area contributed by atoms with Crippen LogP contribution in [0.2, 0.25) is 0 Å². The summed E-state index contributed by atoms with van der Waals surface area (Å²) >= 11 is 3.33. The summed E-state index contributed by atoms with van der Waals surface area (Å²) in [4.78, 5) is 24.7. The third-order valence-electron chi connectivity index (χ3n) is 3.50. The monoisotopic (exact) mass is 341 g/mol. The molecule has 1 aliphatic heterocycles. The lowest BCUT2D eigenvalue weighted by Crippen LogP contribution is -2.43. The number of hydrogen-bond acceptors (Lipinski definition) is 3. The fourth-order valence-electron chi connectivity index (χ4n) is 2.41. The lowest BCUT2D eigenvalue weighted by atomic mass is 10.0. The van der Waals surface area contributed by atoms with Crippen LogP contribution in [0.4, 0.5) is 0 Å². The number of likely N-dealkylation sites (tertiary alicyclic amines) is 1. The second-order valence-corrected chi connectivity index (χ2v) is 5.90. The summed E-state index contributed by atoms with van der Waals surface area (Å²) in [6.07, 6.45) is 0.493. The number of aliphatic hydroxyl groups is 1. The van der Waals surface area contributed by atoms with E-state index in [1.54, 1.807) is 0 Å². The zero-order valence-corrected chi connectivity index (χ0v) is 12.4. The summed E-state index contributed by atoms with van der Waals surface area (Å²) in [7, 11) is 0. The van der Waals surface area contributed by atoms with Crippen LogP contribution in [-0.4, -0.2) is 46.2 Å². The molecule has 0 radical (unpaired) electrons. The first-order chi connectivity index (χ1) is 9.51. The Balaban J connectivity index is 2.13. The van der Waals surface area contributed by atoms with E-state index in [0.717, 1.165) is 10.0 Å². The molecule has 2 N–H and O–H groups in total. The number of nitrogens with zero attached hydrogens (tertiary/aromatic N) is 1. The van der Waals surface area contributed by atoms with Crippen molar-refractivity contribution < 1.29 is 19.8 Å². The largest absolute Gasteiger partial charge is 0.480 e. The first kappa shape index (κ1) is 15.0. The zero-order valence-electron chi connectivity index (χ0n) is 10.8. The summed E-state index contributed by atoms with van der Waals surface area (Å²) < 4.78 is 0.922. The molecule has 5 nitrogen and oxygen atoms in total. The van der Waals surface area contributed by atoms with Gasteiger partial charge in [-0.3, -0.25) is 4.79 Å². The predicted molar refractivity (Wildman–Crippen MR) is 76.2 cm³/mol. The average Bonchev–Trinajstić information content (AvgIpc) is 2.79. The van der Waals surface area contributed by atoms with E-state index in [4.69, 9.17) is 5.11 Å². The van der Waals surface area contributed by atoms with Crippen LogP contribution in [0.25, 0.3) is 0 Å². The van der Waals surface area contributed by atoms with Gasteiger partial charge in [-0.05, 0) is 17.7 Å². The molecule has 6 heteroatoms. The number of hydrogen-bond donors (Lipinski definition) is 2. The number of carbonyl (C=O) groups excluding carboxylic acids is 1. The fraction of sp³-hybridized carbons (Fsp3) is 0.429. The van der Waals surface area contributed by atoms with Crippen LogP contribution in [0, 0.1) is 5.92 Å². The van der Waals surface area contributed by atoms with Gasteiger partial charge >= 0.3 is 5.97 Å². The molecule has 0 saturated carbocycles. The van der Waals surface area contributed by atoms with Gasteiger partial charge in [0, 0.05) is 36.4 Å². The SMILES string of the molecule is O=C(O)[C@H](Cc1ccc(Br)cc1)N1CC(CO)CC1=O. The lowest BCUT2D eigenvalue weighted by molar-refractivity contribution is -0.148. The molecule has 1 heterocycles. The van der Waals surface area contributed by atoms with Crippen LogP contribution in [0.1, 0.15) is 12.0 Å². The van der Waals surface area contributed by atoms with Crippen molar-refractivity contribution in [2.24, 2.45) is 5.92 Å². The molecule has 1 saturated heterocycles. The molecule has 1 amide bonds. The Kier molecular flexibility index (Phi) is 4.77. The van der Waals surface area contributed by atoms with Gasteiger partial charge in [-0.1, -0.05) is 28.1 Å². The van der Waals surface area contributed by atoms with Crippen molar-refractivity contribution >= 4 is 27.8 Å². The maximum absolute atomic E-state index is 11.9. The number of halogens is 1. The van der Waals surface area contributed by atoms with Crippen LogP contribution in [0.3, 0.4) is 0 Å². The Morgan fingerprint density at radius 3 is 2.55 bits per heavy atom. The van der Waals surface area contributed by atoms with E-state index in [1.807, 2.05) is 24.3 Å². The molecule has 108 valence electrons. The third-order valence-corrected chi connectivity index (χ3v) is 4.03. The topological polar surface area (TPSA) is 77.8 Å². The number of carboxylic acids is 1. The minimum atomic E-state index is -1.01. The van der Waals surface area contributed by atoms with Gasteiger partial charge < -0.3 is 15.1 Å². The molecular formula is C14H16BrNO4. The molecule has 0 spiro atoms. The van der Waals surface area contributed by atoms with Gasteiger partial charge in [0.2, 0.25) is 5.91 Å². The van der Waals surface area contributed by atoms with Gasteiger partial charge in [0.05, 0.1) is 0 Å². The average molecular weight is 342 g/mol. The lowest BCUT2D eigenvalue weighted by Gasteiger charge is -2.24. The summed E-state index contributed by atoms with van der Waals surface area (Å²) in [6.45, 7) is 0.218. The van der Waals surface area contributed by atoms with E-state index in [0.29, 0.717) is 6.54 Å². The maximum Gasteiger partial charge on any atom is 0.326 e. The molecule has 1 aliphatic rings. The highest BCUT2D eigenvalue weighted by Crippen LogP contribution is 2.22. The first-order valence-electron chi connectivity index (χ1n) is 6.39. The molecule has 2 atom stereocenters. The van der Waals surface area contributed by atoms with Gasteiger partial charge in [0.1, 0.15) is 6.04 Å². The van der Waals surface area contributed by atoms with Crippen molar-refractivity contribution in [3.63, 3.8) is 0 Å². The van der Waals surface area contributed by atoms with Crippen molar-refractivity contribution in [2.75, 3.05) is 13.2 Å². The number of carboxylic acid groups (broad SMARTS) is 1. The van der Waals surface area contributed by atoms with Crippen LogP contribution < -0.4 is 0 Å². The summed E-state index contributed by atoms with van der Waals surface area (Å²) in [6, 6.07) is 6.49. The quantitative estimate of drug-likeness (QED) is 0.845. The fourth-order valence-corrected chi connectivity index (χ4v) is 2.67. The molecule has 0 aromatic heterocycles. The Bertz CT molecular complexity index is 502. The van der Waals surface area contributed by atoms with Crippen LogP contribution in [0.5, 0.6) is 0 Å². The van der Waals surface area contributed by atoms with Crippen LogP contribution >= 0.6 is 15.9 Å². The van der Waals surface area contributed by atoms with Crippen molar-refractivity contribution in [1.29, 1.82) is 0 Å². The first-order valence-corrected chi connectivity index (χ1v) is 7.18. The predicted octanol–water partition coefficient (Wildman–Crippen LogP) is 1.29. The third kappa shape index (κ3) is 3.37. The number of aliphatic carboxylic acids is 1. The standard InChI is InChI=1S/C14H16BrNO4/c15-11-3-1-9(2-4-11)5-12(14(19)20)16-7-10(8-17)6-13(16)18/h1-4,10,12,17H,5-8H2,(H,19,20)/t10?,12-/m0/s1. The molecule has 20 heavy (non-hydrogen) atoms. The van der Waals surface area contributed by atoms with Gasteiger partial charge in [0.25, 0.3) is 0 Å². The molecular weight excluding hydrogens is 326 g/mol. The Morgan fingerprint density at radius 2 is 2.05 bits per heavy atom. The van der Waals surface area contributed by atoms with Crippen molar-refractivity contribution in [2.45, 2.75) is 18.9 Å². The molecule has 1 fully saturated rings. The zero-order chi connectivity index (χ0) is 14.7. The summed E-state index contributed by atoms with van der Waals surface area (Å²) in [5.74, 6) is -1.37. The number of rotatable bonds is 5. The number of benzene rings is 1. The Morgan fingerprint density at radius 1 is 1.40 bits per heavy atom. The highest BCUT2D eigenvalue weighted by molar-refractivity contribution is 9.10. The number of amides is 1. The second kappa shape index (κ2) is 6.37. The molecule has 0 aliphatic carbocycles. The van der Waals surface area contributed by atoms with E-state index in [2.05, 4.69) is 15.9 Å². The number of carbonyl (C=O) groups is 2. The molecule has 1 unspecified atom stereocenters. The minimum absolute atomic E-state index is 0.0904. The number of aliphatic hydroxyl groups excluding tert-OH is 1. The highest BCUT2D eigenvalue weighted by atomic mass is 79.9. The smallest absolute Gasteiger partial charge is 0.326 e. The summed E-state index contributed by atoms with van der Waals surface area (Å²) in [5, 5.41) is 18.5. The van der Waals surface area contributed by atoms with E-state index >= 15 is 0 Å². The molecule has 0 bridgehead atoms. The van der Waals surface area contributed by atoms with Gasteiger partial charge in [-0.15, -0.1) is 0 Å². The van der Waals surface area contributed by atoms with E-state index in [9.17, 15) is 14.7 Å². The van der Waals surface area contributed by atoms with Crippen LogP contribution in [-0.2, 0) is 16.0 Å². The van der Waals surface area contributed by atoms with Crippen LogP contribution in [0.15, 0.2) is 28.7 Å². The van der Waals surface area contributed by atoms with Crippen molar-refractivity contribution in [3.8, 4) is 0 Å². The Hall–Kier alpha value is -1.40.